The number of hydrogen-bond acceptors (Lipinski definition) is 4. The SMILES string of the molecule is Cc1nc(C)c(Nc2nc(C)c3c(C)c(C)n(C)c3c2C)nc1C. The van der Waals surface area contributed by atoms with E-state index in [1.165, 1.54) is 22.2 Å². The molecule has 0 bridgehead atoms. The van der Waals surface area contributed by atoms with Gasteiger partial charge in [0.25, 0.3) is 0 Å². The summed E-state index contributed by atoms with van der Waals surface area (Å²) in [5.41, 5.74) is 8.76. The van der Waals surface area contributed by atoms with Crippen LogP contribution in [0.4, 0.5) is 11.6 Å². The maximum Gasteiger partial charge on any atom is 0.153 e. The molecular weight excluding hydrogens is 298 g/mol. The summed E-state index contributed by atoms with van der Waals surface area (Å²) in [6, 6.07) is 0. The Morgan fingerprint density at radius 2 is 1.25 bits per heavy atom. The van der Waals surface area contributed by atoms with E-state index in [-0.39, 0.29) is 0 Å². The number of aromatic nitrogens is 4. The molecular formula is C19H25N5. The minimum absolute atomic E-state index is 0.773. The lowest BCUT2D eigenvalue weighted by Gasteiger charge is -2.14. The molecule has 0 amide bonds. The molecule has 3 rings (SSSR count). The molecule has 0 aliphatic rings. The second-order valence-electron chi connectivity index (χ2n) is 6.62. The third-order valence-electron chi connectivity index (χ3n) is 5.06. The fourth-order valence-corrected chi connectivity index (χ4v) is 3.31. The average Bonchev–Trinajstić information content (AvgIpc) is 2.75. The Morgan fingerprint density at radius 1 is 0.667 bits per heavy atom. The Balaban J connectivity index is 2.20. The molecule has 1 N–H and O–H groups in total. The lowest BCUT2D eigenvalue weighted by atomic mass is 10.1. The fourth-order valence-electron chi connectivity index (χ4n) is 3.31. The largest absolute Gasteiger partial charge is 0.347 e. The zero-order valence-corrected chi connectivity index (χ0v) is 15.8. The molecule has 0 fully saturated rings. The number of hydrogen-bond donors (Lipinski definition) is 1. The van der Waals surface area contributed by atoms with Crippen molar-refractivity contribution in [3.8, 4) is 0 Å². The molecule has 0 atom stereocenters. The first kappa shape index (κ1) is 16.4. The minimum atomic E-state index is 0.773. The van der Waals surface area contributed by atoms with Crippen molar-refractivity contribution in [2.45, 2.75) is 48.5 Å². The number of aryl methyl sites for hydroxylation is 7. The van der Waals surface area contributed by atoms with Crippen LogP contribution >= 0.6 is 0 Å². The number of nitrogens with one attached hydrogen (secondary N) is 1. The van der Waals surface area contributed by atoms with Gasteiger partial charge in [0.1, 0.15) is 5.82 Å². The van der Waals surface area contributed by atoms with Crippen molar-refractivity contribution in [1.29, 1.82) is 0 Å². The lowest BCUT2D eigenvalue weighted by Crippen LogP contribution is -2.06. The fraction of sp³-hybridized carbons (Fsp3) is 0.421. The maximum absolute atomic E-state index is 4.81. The first-order chi connectivity index (χ1) is 11.2. The van der Waals surface area contributed by atoms with Crippen molar-refractivity contribution in [3.63, 3.8) is 0 Å². The molecule has 0 saturated heterocycles. The number of anilines is 2. The van der Waals surface area contributed by atoms with Crippen molar-refractivity contribution in [2.24, 2.45) is 7.05 Å². The Bertz CT molecular complexity index is 966. The van der Waals surface area contributed by atoms with Gasteiger partial charge < -0.3 is 9.88 Å². The highest BCUT2D eigenvalue weighted by Crippen LogP contribution is 2.33. The smallest absolute Gasteiger partial charge is 0.153 e. The molecule has 3 aromatic heterocycles. The Morgan fingerprint density at radius 3 is 1.92 bits per heavy atom. The van der Waals surface area contributed by atoms with Crippen LogP contribution in [0.2, 0.25) is 0 Å². The van der Waals surface area contributed by atoms with Crippen LogP contribution in [0.5, 0.6) is 0 Å². The summed E-state index contributed by atoms with van der Waals surface area (Å²) < 4.78 is 2.25. The summed E-state index contributed by atoms with van der Waals surface area (Å²) in [5.74, 6) is 1.62. The number of fused-ring (bicyclic) bond motifs is 1. The predicted octanol–water partition coefficient (Wildman–Crippen LogP) is 4.27. The summed E-state index contributed by atoms with van der Waals surface area (Å²) in [4.78, 5) is 14.0. The predicted molar refractivity (Wildman–Crippen MR) is 99.2 cm³/mol. The highest BCUT2D eigenvalue weighted by molar-refractivity contribution is 5.92. The van der Waals surface area contributed by atoms with E-state index in [0.717, 1.165) is 40.0 Å². The first-order valence-electron chi connectivity index (χ1n) is 8.24. The van der Waals surface area contributed by atoms with Crippen LogP contribution in [0, 0.1) is 48.5 Å². The Hall–Kier alpha value is -2.43. The van der Waals surface area contributed by atoms with Crippen molar-refractivity contribution < 1.29 is 0 Å². The van der Waals surface area contributed by atoms with Crippen LogP contribution in [0.15, 0.2) is 0 Å². The first-order valence-corrected chi connectivity index (χ1v) is 8.24. The molecule has 126 valence electrons. The van der Waals surface area contributed by atoms with E-state index in [4.69, 9.17) is 4.98 Å². The van der Waals surface area contributed by atoms with Crippen LogP contribution in [0.1, 0.15) is 39.6 Å². The van der Waals surface area contributed by atoms with E-state index in [2.05, 4.69) is 54.6 Å². The van der Waals surface area contributed by atoms with Crippen LogP contribution in [0.25, 0.3) is 10.9 Å². The van der Waals surface area contributed by atoms with E-state index in [9.17, 15) is 0 Å². The number of rotatable bonds is 2. The molecule has 0 aliphatic carbocycles. The van der Waals surface area contributed by atoms with E-state index in [0.29, 0.717) is 0 Å². The monoisotopic (exact) mass is 323 g/mol. The topological polar surface area (TPSA) is 55.6 Å². The maximum atomic E-state index is 4.81. The van der Waals surface area contributed by atoms with Crippen molar-refractivity contribution in [2.75, 3.05) is 5.32 Å². The Kier molecular flexibility index (Phi) is 3.82. The van der Waals surface area contributed by atoms with Crippen LogP contribution in [0.3, 0.4) is 0 Å². The standard InChI is InChI=1S/C19H25N5/c1-9-15(7)24(8)17-10(2)18(22-13(5)16(9)17)23-19-14(6)20-11(3)12(4)21-19/h1-8H3,(H,21,22,23). The molecule has 5 heteroatoms. The zero-order chi connectivity index (χ0) is 17.8. The van der Waals surface area contributed by atoms with Gasteiger partial charge >= 0.3 is 0 Å². The molecule has 0 aromatic carbocycles. The van der Waals surface area contributed by atoms with E-state index >= 15 is 0 Å². The van der Waals surface area contributed by atoms with Crippen molar-refractivity contribution >= 4 is 22.5 Å². The lowest BCUT2D eigenvalue weighted by molar-refractivity contribution is 0.906. The molecule has 3 aromatic rings. The van der Waals surface area contributed by atoms with Gasteiger partial charge in [-0.1, -0.05) is 0 Å². The summed E-state index contributed by atoms with van der Waals surface area (Å²) >= 11 is 0. The van der Waals surface area contributed by atoms with E-state index < -0.39 is 0 Å². The van der Waals surface area contributed by atoms with Gasteiger partial charge in [-0.15, -0.1) is 0 Å². The second kappa shape index (κ2) is 5.58. The number of pyridine rings is 1. The van der Waals surface area contributed by atoms with Gasteiger partial charge in [-0.05, 0) is 54.0 Å². The molecule has 0 spiro atoms. The molecule has 3 heterocycles. The highest BCUT2D eigenvalue weighted by atomic mass is 15.1. The molecule has 0 aliphatic heterocycles. The summed E-state index contributed by atoms with van der Waals surface area (Å²) in [6.45, 7) is 14.4. The van der Waals surface area contributed by atoms with Gasteiger partial charge in [0.15, 0.2) is 5.82 Å². The van der Waals surface area contributed by atoms with Crippen LogP contribution in [-0.4, -0.2) is 19.5 Å². The molecule has 24 heavy (non-hydrogen) atoms. The quantitative estimate of drug-likeness (QED) is 0.765. The van der Waals surface area contributed by atoms with Crippen molar-refractivity contribution in [3.05, 3.63) is 39.6 Å². The summed E-state index contributed by atoms with van der Waals surface area (Å²) in [7, 11) is 2.11. The molecule has 5 nitrogen and oxygen atoms in total. The minimum Gasteiger partial charge on any atom is -0.347 e. The normalized spacial score (nSPS) is 11.3. The highest BCUT2D eigenvalue weighted by Gasteiger charge is 2.18. The molecule has 0 unspecified atom stereocenters. The van der Waals surface area contributed by atoms with Crippen LogP contribution in [-0.2, 0) is 7.05 Å². The van der Waals surface area contributed by atoms with Crippen molar-refractivity contribution in [1.82, 2.24) is 19.5 Å². The average molecular weight is 323 g/mol. The summed E-state index contributed by atoms with van der Waals surface area (Å²) in [6.07, 6.45) is 0. The van der Waals surface area contributed by atoms with E-state index in [1.54, 1.807) is 0 Å². The third kappa shape index (κ3) is 2.35. The molecule has 0 radical (unpaired) electrons. The van der Waals surface area contributed by atoms with Gasteiger partial charge in [0.2, 0.25) is 0 Å². The zero-order valence-electron chi connectivity index (χ0n) is 15.8. The number of nitrogens with zero attached hydrogens (tertiary/aromatic N) is 4. The third-order valence-corrected chi connectivity index (χ3v) is 5.06. The van der Waals surface area contributed by atoms with Gasteiger partial charge in [0, 0.05) is 29.4 Å². The van der Waals surface area contributed by atoms with Gasteiger partial charge in [-0.25, -0.2) is 9.97 Å². The van der Waals surface area contributed by atoms with E-state index in [1.807, 2.05) is 20.8 Å². The summed E-state index contributed by atoms with van der Waals surface area (Å²) in [5, 5.41) is 4.65. The van der Waals surface area contributed by atoms with Crippen LogP contribution < -0.4 is 5.32 Å². The molecule has 0 saturated carbocycles. The van der Waals surface area contributed by atoms with Gasteiger partial charge in [-0.2, -0.15) is 0 Å². The second-order valence-corrected chi connectivity index (χ2v) is 6.62. The van der Waals surface area contributed by atoms with Gasteiger partial charge in [0.05, 0.1) is 22.6 Å². The van der Waals surface area contributed by atoms with Gasteiger partial charge in [-0.3, -0.25) is 4.98 Å². The Labute approximate surface area is 143 Å².